The molecule has 0 radical (unpaired) electrons. The fraction of sp³-hybridized carbons (Fsp3) is 0.591. The fourth-order valence-electron chi connectivity index (χ4n) is 3.99. The maximum absolute atomic E-state index is 12.4. The van der Waals surface area contributed by atoms with E-state index in [1.54, 1.807) is 29.3 Å². The highest BCUT2D eigenvalue weighted by molar-refractivity contribution is 5.89. The average molecular weight is 405 g/mol. The van der Waals surface area contributed by atoms with Crippen LogP contribution in [-0.2, 0) is 19.2 Å². The second-order valence-corrected chi connectivity index (χ2v) is 8.78. The van der Waals surface area contributed by atoms with Crippen molar-refractivity contribution in [2.45, 2.75) is 83.4 Å². The highest BCUT2D eigenvalue weighted by Crippen LogP contribution is 2.40. The molecule has 0 saturated carbocycles. The Morgan fingerprint density at radius 1 is 1.00 bits per heavy atom. The third-order valence-corrected chi connectivity index (χ3v) is 5.05. The van der Waals surface area contributed by atoms with Crippen molar-refractivity contribution in [3.05, 3.63) is 35.9 Å². The summed E-state index contributed by atoms with van der Waals surface area (Å²) in [6.07, 6.45) is 1.89. The van der Waals surface area contributed by atoms with E-state index in [0.29, 0.717) is 31.2 Å². The molecule has 7 nitrogen and oxygen atoms in total. The summed E-state index contributed by atoms with van der Waals surface area (Å²) in [5.41, 5.74) is -0.543. The van der Waals surface area contributed by atoms with Gasteiger partial charge in [0.1, 0.15) is 6.10 Å². The van der Waals surface area contributed by atoms with Crippen LogP contribution in [0.1, 0.15) is 76.6 Å². The second-order valence-electron chi connectivity index (χ2n) is 8.78. The van der Waals surface area contributed by atoms with Crippen molar-refractivity contribution in [1.82, 2.24) is 5.06 Å². The zero-order valence-electron chi connectivity index (χ0n) is 17.6. The lowest BCUT2D eigenvalue weighted by atomic mass is 9.80. The lowest BCUT2D eigenvalue weighted by molar-refractivity contribution is -0.276. The van der Waals surface area contributed by atoms with Gasteiger partial charge in [-0.3, -0.25) is 9.59 Å². The first kappa shape index (κ1) is 22.9. The number of nitrogens with zero attached hydrogens (tertiary/aromatic N) is 1. The summed E-state index contributed by atoms with van der Waals surface area (Å²) in [6.45, 7) is 7.81. The molecule has 1 aliphatic heterocycles. The minimum Gasteiger partial charge on any atom is -0.481 e. The Balaban J connectivity index is 1.96. The Bertz CT molecular complexity index is 710. The normalized spacial score (nSPS) is 18.8. The van der Waals surface area contributed by atoms with E-state index in [9.17, 15) is 14.4 Å². The highest BCUT2D eigenvalue weighted by Gasteiger charge is 2.49. The van der Waals surface area contributed by atoms with Gasteiger partial charge in [0, 0.05) is 25.7 Å². The maximum Gasteiger partial charge on any atom is 0.338 e. The van der Waals surface area contributed by atoms with Gasteiger partial charge in [0.25, 0.3) is 0 Å². The molecule has 7 heteroatoms. The number of hydrogen-bond donors (Lipinski definition) is 1. The summed E-state index contributed by atoms with van der Waals surface area (Å²) in [6, 6.07) is 8.88. The number of hydroxylamine groups is 2. The molecule has 1 aromatic rings. The van der Waals surface area contributed by atoms with Gasteiger partial charge in [-0.15, -0.1) is 5.06 Å². The number of benzene rings is 1. The highest BCUT2D eigenvalue weighted by atomic mass is 16.7. The van der Waals surface area contributed by atoms with E-state index in [-0.39, 0.29) is 30.9 Å². The number of hydrogen-bond acceptors (Lipinski definition) is 6. The minimum absolute atomic E-state index is 0.0441. The molecule has 1 aliphatic rings. The van der Waals surface area contributed by atoms with Gasteiger partial charge in [-0.25, -0.2) is 4.79 Å². The number of aliphatic carboxylic acids is 1. The van der Waals surface area contributed by atoms with Crippen LogP contribution in [0, 0.1) is 0 Å². The summed E-state index contributed by atoms with van der Waals surface area (Å²) in [5, 5.41) is 10.4. The Kier molecular flexibility index (Phi) is 7.41. The smallest absolute Gasteiger partial charge is 0.338 e. The van der Waals surface area contributed by atoms with Gasteiger partial charge in [0.05, 0.1) is 16.6 Å². The molecule has 0 atom stereocenters. The van der Waals surface area contributed by atoms with Crippen molar-refractivity contribution < 1.29 is 29.1 Å². The van der Waals surface area contributed by atoms with Gasteiger partial charge in [-0.2, -0.15) is 0 Å². The number of carbonyl (C=O) groups is 3. The Morgan fingerprint density at radius 3 is 2.10 bits per heavy atom. The van der Waals surface area contributed by atoms with Crippen LogP contribution in [0.4, 0.5) is 0 Å². The average Bonchev–Trinajstić information content (AvgIpc) is 2.62. The topological polar surface area (TPSA) is 93.1 Å². The first-order valence-electron chi connectivity index (χ1n) is 10.0. The summed E-state index contributed by atoms with van der Waals surface area (Å²) in [4.78, 5) is 40.9. The summed E-state index contributed by atoms with van der Waals surface area (Å²) in [5.74, 6) is -1.60. The van der Waals surface area contributed by atoms with E-state index in [1.165, 1.54) is 0 Å². The van der Waals surface area contributed by atoms with Crippen molar-refractivity contribution in [1.29, 1.82) is 0 Å². The molecule has 0 amide bonds. The Labute approximate surface area is 171 Å². The number of esters is 1. The van der Waals surface area contributed by atoms with E-state index in [4.69, 9.17) is 14.7 Å². The van der Waals surface area contributed by atoms with Crippen molar-refractivity contribution in [3.63, 3.8) is 0 Å². The Morgan fingerprint density at radius 2 is 1.55 bits per heavy atom. The van der Waals surface area contributed by atoms with Crippen LogP contribution in [0.25, 0.3) is 0 Å². The predicted molar refractivity (Wildman–Crippen MR) is 107 cm³/mol. The van der Waals surface area contributed by atoms with Gasteiger partial charge < -0.3 is 14.7 Å². The van der Waals surface area contributed by atoms with E-state index >= 15 is 0 Å². The maximum atomic E-state index is 12.4. The van der Waals surface area contributed by atoms with Gasteiger partial charge in [0.2, 0.25) is 0 Å². The summed E-state index contributed by atoms with van der Waals surface area (Å²) in [7, 11) is 0. The van der Waals surface area contributed by atoms with Gasteiger partial charge in [0.15, 0.2) is 0 Å². The molecule has 1 heterocycles. The molecule has 0 spiro atoms. The molecule has 160 valence electrons. The quantitative estimate of drug-likeness (QED) is 0.517. The zero-order chi connectivity index (χ0) is 21.7. The minimum atomic E-state index is -0.868. The monoisotopic (exact) mass is 405 g/mol. The molecule has 0 bridgehead atoms. The lowest BCUT2D eigenvalue weighted by Gasteiger charge is -2.52. The van der Waals surface area contributed by atoms with Crippen LogP contribution < -0.4 is 0 Å². The molecular formula is C22H31NO6. The van der Waals surface area contributed by atoms with Crippen LogP contribution in [0.5, 0.6) is 0 Å². The molecule has 0 aromatic heterocycles. The number of carbonyl (C=O) groups excluding carboxylic acids is 2. The standard InChI is InChI=1S/C22H31NO6/c1-21(2)14-17(28-20(27)16-10-6-5-7-11-16)15-22(3,4)23(21)29-19(26)13-9-8-12-18(24)25/h5-7,10-11,17H,8-9,12-15H2,1-4H3,(H,24,25). The first-order chi connectivity index (χ1) is 13.5. The van der Waals surface area contributed by atoms with Crippen LogP contribution in [-0.4, -0.2) is 45.3 Å². The summed E-state index contributed by atoms with van der Waals surface area (Å²) >= 11 is 0. The number of ether oxygens (including phenoxy) is 1. The van der Waals surface area contributed by atoms with Crippen LogP contribution in [0.3, 0.4) is 0 Å². The third kappa shape index (κ3) is 6.56. The molecule has 2 rings (SSSR count). The van der Waals surface area contributed by atoms with E-state index < -0.39 is 17.0 Å². The van der Waals surface area contributed by atoms with Gasteiger partial charge in [-0.05, 0) is 52.7 Å². The molecule has 1 saturated heterocycles. The fourth-order valence-corrected chi connectivity index (χ4v) is 3.99. The molecule has 1 N–H and O–H groups in total. The number of carboxylic acid groups (broad SMARTS) is 1. The van der Waals surface area contributed by atoms with Crippen LogP contribution >= 0.6 is 0 Å². The largest absolute Gasteiger partial charge is 0.481 e. The van der Waals surface area contributed by atoms with Crippen LogP contribution in [0.2, 0.25) is 0 Å². The molecule has 0 unspecified atom stereocenters. The van der Waals surface area contributed by atoms with E-state index in [0.717, 1.165) is 0 Å². The molecule has 1 fully saturated rings. The van der Waals surface area contributed by atoms with Crippen molar-refractivity contribution >= 4 is 17.9 Å². The number of rotatable bonds is 8. The second kappa shape index (κ2) is 9.39. The Hall–Kier alpha value is -2.41. The van der Waals surface area contributed by atoms with Gasteiger partial charge in [-0.1, -0.05) is 18.2 Å². The first-order valence-corrected chi connectivity index (χ1v) is 10.0. The third-order valence-electron chi connectivity index (χ3n) is 5.05. The van der Waals surface area contributed by atoms with Crippen molar-refractivity contribution in [2.75, 3.05) is 0 Å². The molecule has 29 heavy (non-hydrogen) atoms. The zero-order valence-corrected chi connectivity index (χ0v) is 17.6. The van der Waals surface area contributed by atoms with Crippen LogP contribution in [0.15, 0.2) is 30.3 Å². The van der Waals surface area contributed by atoms with E-state index in [1.807, 2.05) is 33.8 Å². The van der Waals surface area contributed by atoms with Crippen molar-refractivity contribution in [3.8, 4) is 0 Å². The summed E-state index contributed by atoms with van der Waals surface area (Å²) < 4.78 is 5.74. The molecule has 0 aliphatic carbocycles. The number of unbranched alkanes of at least 4 members (excludes halogenated alkanes) is 1. The number of carboxylic acids is 1. The SMILES string of the molecule is CC1(C)CC(OC(=O)c2ccccc2)CC(C)(C)N1OC(=O)CCCCC(=O)O. The predicted octanol–water partition coefficient (Wildman–Crippen LogP) is 3.97. The van der Waals surface area contributed by atoms with Crippen molar-refractivity contribution in [2.24, 2.45) is 0 Å². The lowest BCUT2D eigenvalue weighted by Crippen LogP contribution is -2.62. The molecule has 1 aromatic carbocycles. The molecular weight excluding hydrogens is 374 g/mol. The number of piperidine rings is 1. The van der Waals surface area contributed by atoms with Gasteiger partial charge >= 0.3 is 17.9 Å². The van der Waals surface area contributed by atoms with E-state index in [2.05, 4.69) is 0 Å².